The van der Waals surface area contributed by atoms with E-state index in [0.29, 0.717) is 0 Å². The number of carbonyl (C=O) groups is 1. The molecule has 1 aliphatic heterocycles. The smallest absolute Gasteiger partial charge is 0.219 e. The van der Waals surface area contributed by atoms with Crippen molar-refractivity contribution in [2.75, 3.05) is 45.8 Å². The van der Waals surface area contributed by atoms with Crippen LogP contribution < -0.4 is 5.32 Å². The third kappa shape index (κ3) is 11.2. The summed E-state index contributed by atoms with van der Waals surface area (Å²) in [6.45, 7) is 19.0. The van der Waals surface area contributed by atoms with E-state index in [9.17, 15) is 4.79 Å². The Bertz CT molecular complexity index is 204. The molecule has 0 aromatic carbocycles. The number of hydrogen-bond donors (Lipinski definition) is 1. The number of unbranched alkanes of at least 4 members (excludes halogenated alkanes) is 1. The Kier molecular flexibility index (Phi) is 17.8. The van der Waals surface area contributed by atoms with Gasteiger partial charge >= 0.3 is 0 Å². The molecule has 1 amide bonds. The summed E-state index contributed by atoms with van der Waals surface area (Å²) in [5.41, 5.74) is 0. The fraction of sp³-hybridized carbons (Fsp3) is 0.938. The molecule has 122 valence electrons. The summed E-state index contributed by atoms with van der Waals surface area (Å²) in [5.74, 6) is 0.212. The van der Waals surface area contributed by atoms with Crippen LogP contribution in [0.25, 0.3) is 0 Å². The minimum Gasteiger partial charge on any atom is -0.342 e. The Balaban J connectivity index is 0. The first-order chi connectivity index (χ1) is 9.74. The van der Waals surface area contributed by atoms with Crippen LogP contribution in [0.2, 0.25) is 0 Å². The van der Waals surface area contributed by atoms with Gasteiger partial charge in [0.25, 0.3) is 0 Å². The molecule has 1 saturated heterocycles. The maximum atomic E-state index is 11.4. The van der Waals surface area contributed by atoms with Gasteiger partial charge in [-0.25, -0.2) is 0 Å². The lowest BCUT2D eigenvalue weighted by Crippen LogP contribution is -2.47. The molecular formula is C16H37N3O. The number of nitrogens with zero attached hydrogens (tertiary/aromatic N) is 2. The molecule has 0 aliphatic carbocycles. The van der Waals surface area contributed by atoms with Gasteiger partial charge in [0.1, 0.15) is 0 Å². The first kappa shape index (κ1) is 21.7. The summed E-state index contributed by atoms with van der Waals surface area (Å²) >= 11 is 0. The molecule has 0 aromatic heterocycles. The van der Waals surface area contributed by atoms with Crippen LogP contribution in [-0.4, -0.2) is 61.5 Å². The number of piperazine rings is 1. The van der Waals surface area contributed by atoms with Crippen LogP contribution in [0.4, 0.5) is 0 Å². The van der Waals surface area contributed by atoms with Crippen LogP contribution in [0.15, 0.2) is 0 Å². The molecule has 4 heteroatoms. The molecule has 1 heterocycles. The maximum Gasteiger partial charge on any atom is 0.219 e. The van der Waals surface area contributed by atoms with Crippen LogP contribution in [0.5, 0.6) is 0 Å². The van der Waals surface area contributed by atoms with Gasteiger partial charge < -0.3 is 10.2 Å². The molecular weight excluding hydrogens is 250 g/mol. The lowest BCUT2D eigenvalue weighted by Gasteiger charge is -2.30. The Labute approximate surface area is 126 Å². The van der Waals surface area contributed by atoms with E-state index in [1.807, 2.05) is 32.6 Å². The Hall–Kier alpha value is -0.610. The molecule has 0 atom stereocenters. The van der Waals surface area contributed by atoms with Gasteiger partial charge in [-0.2, -0.15) is 0 Å². The largest absolute Gasteiger partial charge is 0.342 e. The first-order valence-electron chi connectivity index (χ1n) is 8.42. The summed E-state index contributed by atoms with van der Waals surface area (Å²) in [4.78, 5) is 15.8. The normalized spacial score (nSPS) is 14.5. The highest BCUT2D eigenvalue weighted by Gasteiger charge is 2.12. The zero-order valence-electron chi connectivity index (χ0n) is 14.7. The summed E-state index contributed by atoms with van der Waals surface area (Å²) < 4.78 is 0. The van der Waals surface area contributed by atoms with Gasteiger partial charge in [0.2, 0.25) is 5.91 Å². The van der Waals surface area contributed by atoms with Gasteiger partial charge in [-0.05, 0) is 6.42 Å². The molecule has 4 nitrogen and oxygen atoms in total. The molecule has 0 unspecified atom stereocenters. The number of nitrogens with one attached hydrogen (secondary N) is 1. The van der Waals surface area contributed by atoms with Crippen LogP contribution >= 0.6 is 0 Å². The fourth-order valence-corrected chi connectivity index (χ4v) is 1.97. The Morgan fingerprint density at radius 1 is 1.10 bits per heavy atom. The molecule has 1 N–H and O–H groups in total. The average molecular weight is 287 g/mol. The molecule has 0 aromatic rings. The third-order valence-electron chi connectivity index (χ3n) is 3.12. The van der Waals surface area contributed by atoms with E-state index >= 15 is 0 Å². The number of carbonyl (C=O) groups excluding carboxylic acids is 1. The van der Waals surface area contributed by atoms with Gasteiger partial charge in [-0.3, -0.25) is 9.69 Å². The summed E-state index contributed by atoms with van der Waals surface area (Å²) in [5, 5.41) is 3.34. The minimum absolute atomic E-state index is 0.212. The SMILES string of the molecule is CC.CC.CCCCN(CCN1CCNCC1)C(C)=O. The molecule has 1 aliphatic rings. The van der Waals surface area contributed by atoms with Crippen molar-refractivity contribution in [1.82, 2.24) is 15.1 Å². The van der Waals surface area contributed by atoms with Gasteiger partial charge in [0.05, 0.1) is 0 Å². The summed E-state index contributed by atoms with van der Waals surface area (Å²) in [6.07, 6.45) is 2.26. The molecule has 0 saturated carbocycles. The van der Waals surface area contributed by atoms with E-state index in [1.54, 1.807) is 6.92 Å². The lowest BCUT2D eigenvalue weighted by molar-refractivity contribution is -0.129. The first-order valence-corrected chi connectivity index (χ1v) is 8.42. The molecule has 1 fully saturated rings. The predicted octanol–water partition coefficient (Wildman–Crippen LogP) is 2.59. The van der Waals surface area contributed by atoms with Gasteiger partial charge in [-0.15, -0.1) is 0 Å². The van der Waals surface area contributed by atoms with Gasteiger partial charge in [-0.1, -0.05) is 41.0 Å². The predicted molar refractivity (Wildman–Crippen MR) is 89.2 cm³/mol. The van der Waals surface area contributed by atoms with Gasteiger partial charge in [0, 0.05) is 52.7 Å². The van der Waals surface area contributed by atoms with Crippen molar-refractivity contribution in [1.29, 1.82) is 0 Å². The van der Waals surface area contributed by atoms with E-state index in [-0.39, 0.29) is 5.91 Å². The van der Waals surface area contributed by atoms with Crippen LogP contribution in [0.1, 0.15) is 54.4 Å². The summed E-state index contributed by atoms with van der Waals surface area (Å²) in [6, 6.07) is 0. The number of amides is 1. The molecule has 20 heavy (non-hydrogen) atoms. The zero-order chi connectivity index (χ0) is 15.8. The standard InChI is InChI=1S/C12H25N3O.2C2H6/c1-3-4-7-15(12(2)16)11-10-14-8-5-13-6-9-14;2*1-2/h13H,3-11H2,1-2H3;2*1-2H3. The fourth-order valence-electron chi connectivity index (χ4n) is 1.97. The second kappa shape index (κ2) is 16.4. The van der Waals surface area contributed by atoms with Crippen LogP contribution in [-0.2, 0) is 4.79 Å². The van der Waals surface area contributed by atoms with Crippen molar-refractivity contribution < 1.29 is 4.79 Å². The molecule has 1 rings (SSSR count). The quantitative estimate of drug-likeness (QED) is 0.815. The zero-order valence-corrected chi connectivity index (χ0v) is 14.7. The van der Waals surface area contributed by atoms with Crippen molar-refractivity contribution in [2.24, 2.45) is 0 Å². The van der Waals surface area contributed by atoms with E-state index in [0.717, 1.165) is 58.7 Å². The lowest BCUT2D eigenvalue weighted by atomic mass is 10.3. The molecule has 0 radical (unpaired) electrons. The summed E-state index contributed by atoms with van der Waals surface area (Å²) in [7, 11) is 0. The number of rotatable bonds is 6. The Morgan fingerprint density at radius 2 is 1.65 bits per heavy atom. The molecule has 0 spiro atoms. The average Bonchev–Trinajstić information content (AvgIpc) is 2.52. The second-order valence-electron chi connectivity index (χ2n) is 4.45. The highest BCUT2D eigenvalue weighted by molar-refractivity contribution is 5.73. The topological polar surface area (TPSA) is 35.6 Å². The third-order valence-corrected chi connectivity index (χ3v) is 3.12. The monoisotopic (exact) mass is 287 g/mol. The van der Waals surface area contributed by atoms with E-state index in [2.05, 4.69) is 17.1 Å². The second-order valence-corrected chi connectivity index (χ2v) is 4.45. The van der Waals surface area contributed by atoms with Crippen LogP contribution in [0.3, 0.4) is 0 Å². The highest BCUT2D eigenvalue weighted by Crippen LogP contribution is 1.98. The molecule has 0 bridgehead atoms. The van der Waals surface area contributed by atoms with Crippen molar-refractivity contribution in [3.05, 3.63) is 0 Å². The number of hydrogen-bond acceptors (Lipinski definition) is 3. The van der Waals surface area contributed by atoms with Gasteiger partial charge in [0.15, 0.2) is 0 Å². The van der Waals surface area contributed by atoms with Crippen molar-refractivity contribution >= 4 is 5.91 Å². The van der Waals surface area contributed by atoms with Crippen LogP contribution in [0, 0.1) is 0 Å². The Morgan fingerprint density at radius 3 is 2.10 bits per heavy atom. The van der Waals surface area contributed by atoms with E-state index < -0.39 is 0 Å². The highest BCUT2D eigenvalue weighted by atomic mass is 16.2. The van der Waals surface area contributed by atoms with E-state index in [1.165, 1.54) is 0 Å². The van der Waals surface area contributed by atoms with Crippen molar-refractivity contribution in [3.8, 4) is 0 Å². The van der Waals surface area contributed by atoms with Crippen molar-refractivity contribution in [2.45, 2.75) is 54.4 Å². The van der Waals surface area contributed by atoms with Crippen molar-refractivity contribution in [3.63, 3.8) is 0 Å². The van der Waals surface area contributed by atoms with E-state index in [4.69, 9.17) is 0 Å². The minimum atomic E-state index is 0.212. The maximum absolute atomic E-state index is 11.4.